The smallest absolute Gasteiger partial charge is 0.236 e. The van der Waals surface area contributed by atoms with Crippen molar-refractivity contribution in [2.24, 2.45) is 0 Å². The molecule has 0 aliphatic carbocycles. The summed E-state index contributed by atoms with van der Waals surface area (Å²) in [6, 6.07) is 0. The van der Waals surface area contributed by atoms with Crippen molar-refractivity contribution >= 4 is 10.2 Å². The van der Waals surface area contributed by atoms with Crippen molar-refractivity contribution in [1.82, 2.24) is 8.61 Å². The second kappa shape index (κ2) is 3.94. The van der Waals surface area contributed by atoms with Gasteiger partial charge in [-0.1, -0.05) is 24.3 Å². The molecule has 15 heavy (non-hydrogen) atoms. The molecule has 2 aliphatic heterocycles. The fourth-order valence-corrected chi connectivity index (χ4v) is 2.51. The van der Waals surface area contributed by atoms with E-state index in [1.807, 2.05) is 0 Å². The van der Waals surface area contributed by atoms with Gasteiger partial charge >= 0.3 is 10.2 Å². The number of hydrogen-bond acceptors (Lipinski definition) is 2. The van der Waals surface area contributed by atoms with Crippen LogP contribution in [0.1, 0.15) is 12.8 Å². The van der Waals surface area contributed by atoms with Gasteiger partial charge in [-0.15, -0.1) is 0 Å². The average Bonchev–Trinajstić information content (AvgIpc) is 2.31. The van der Waals surface area contributed by atoms with Crippen LogP contribution >= 0.6 is 0 Å². The SMILES string of the molecule is O=S(=O)(N1C=CCC=C1)N1C=CCC=C1. The third-order valence-corrected chi connectivity index (χ3v) is 3.64. The van der Waals surface area contributed by atoms with Crippen molar-refractivity contribution in [3.8, 4) is 0 Å². The summed E-state index contributed by atoms with van der Waals surface area (Å²) < 4.78 is 26.4. The predicted molar refractivity (Wildman–Crippen MR) is 58.4 cm³/mol. The highest BCUT2D eigenvalue weighted by atomic mass is 32.2. The molecule has 2 heterocycles. The molecule has 0 bridgehead atoms. The number of rotatable bonds is 2. The highest BCUT2D eigenvalue weighted by Crippen LogP contribution is 2.16. The van der Waals surface area contributed by atoms with E-state index < -0.39 is 10.2 Å². The van der Waals surface area contributed by atoms with Crippen LogP contribution in [0.25, 0.3) is 0 Å². The van der Waals surface area contributed by atoms with E-state index in [1.165, 1.54) is 8.61 Å². The minimum atomic E-state index is -3.47. The van der Waals surface area contributed by atoms with Gasteiger partial charge in [-0.3, -0.25) is 0 Å². The lowest BCUT2D eigenvalue weighted by molar-refractivity contribution is 0.502. The van der Waals surface area contributed by atoms with E-state index in [0.717, 1.165) is 12.8 Å². The Morgan fingerprint density at radius 2 is 1.07 bits per heavy atom. The van der Waals surface area contributed by atoms with Crippen molar-refractivity contribution < 1.29 is 8.42 Å². The normalized spacial score (nSPS) is 20.0. The maximum atomic E-state index is 12.0. The number of nitrogens with zero attached hydrogens (tertiary/aromatic N) is 2. The van der Waals surface area contributed by atoms with Crippen LogP contribution in [0.4, 0.5) is 0 Å². The molecule has 0 spiro atoms. The van der Waals surface area contributed by atoms with Crippen LogP contribution in [0.2, 0.25) is 0 Å². The van der Waals surface area contributed by atoms with Crippen LogP contribution in [0.5, 0.6) is 0 Å². The first-order valence-corrected chi connectivity index (χ1v) is 6.09. The molecule has 0 saturated carbocycles. The van der Waals surface area contributed by atoms with Crippen molar-refractivity contribution in [3.63, 3.8) is 0 Å². The van der Waals surface area contributed by atoms with Gasteiger partial charge in [0, 0.05) is 24.8 Å². The zero-order valence-corrected chi connectivity index (χ0v) is 8.97. The van der Waals surface area contributed by atoms with Gasteiger partial charge in [0.25, 0.3) is 0 Å². The van der Waals surface area contributed by atoms with Crippen molar-refractivity contribution in [3.05, 3.63) is 49.1 Å². The monoisotopic (exact) mass is 224 g/mol. The van der Waals surface area contributed by atoms with Gasteiger partial charge in [-0.2, -0.15) is 8.42 Å². The van der Waals surface area contributed by atoms with Crippen molar-refractivity contribution in [2.45, 2.75) is 12.8 Å². The largest absolute Gasteiger partial charge is 0.333 e. The fourth-order valence-electron chi connectivity index (χ4n) is 1.33. The van der Waals surface area contributed by atoms with E-state index in [0.29, 0.717) is 0 Å². The van der Waals surface area contributed by atoms with Crippen LogP contribution in [0.3, 0.4) is 0 Å². The van der Waals surface area contributed by atoms with Crippen molar-refractivity contribution in [2.75, 3.05) is 0 Å². The lowest BCUT2D eigenvalue weighted by Crippen LogP contribution is -2.33. The standard InChI is InChI=1S/C10H12N2O2S/c13-15(14,11-7-3-1-4-8-11)12-9-5-2-6-10-12/h3-10H,1-2H2. The molecule has 0 N–H and O–H groups in total. The van der Waals surface area contributed by atoms with Gasteiger partial charge in [0.05, 0.1) is 0 Å². The predicted octanol–water partition coefficient (Wildman–Crippen LogP) is 1.70. The lowest BCUT2D eigenvalue weighted by atomic mass is 10.4. The summed E-state index contributed by atoms with van der Waals surface area (Å²) in [5.41, 5.74) is 0. The van der Waals surface area contributed by atoms with Crippen LogP contribution in [-0.2, 0) is 10.2 Å². The zero-order valence-electron chi connectivity index (χ0n) is 8.15. The minimum absolute atomic E-state index is 0.775. The molecule has 0 aromatic rings. The second-order valence-electron chi connectivity index (χ2n) is 3.18. The summed E-state index contributed by atoms with van der Waals surface area (Å²) in [7, 11) is -3.47. The summed E-state index contributed by atoms with van der Waals surface area (Å²) in [6.07, 6.45) is 15.0. The molecule has 0 radical (unpaired) electrons. The van der Waals surface area contributed by atoms with Crippen LogP contribution in [-0.4, -0.2) is 17.0 Å². The Labute approximate surface area is 89.7 Å². The molecule has 0 unspecified atom stereocenters. The van der Waals surface area contributed by atoms with E-state index in [2.05, 4.69) is 0 Å². The van der Waals surface area contributed by atoms with E-state index in [1.54, 1.807) is 49.1 Å². The summed E-state index contributed by atoms with van der Waals surface area (Å²) in [6.45, 7) is 0. The van der Waals surface area contributed by atoms with Crippen LogP contribution in [0.15, 0.2) is 49.1 Å². The van der Waals surface area contributed by atoms with Crippen LogP contribution < -0.4 is 0 Å². The highest BCUT2D eigenvalue weighted by Gasteiger charge is 2.22. The first-order chi connectivity index (χ1) is 7.21. The Bertz CT molecular complexity index is 386. The number of hydrogen-bond donors (Lipinski definition) is 0. The van der Waals surface area contributed by atoms with Gasteiger partial charge < -0.3 is 0 Å². The molecule has 4 nitrogen and oxygen atoms in total. The fraction of sp³-hybridized carbons (Fsp3) is 0.200. The summed E-state index contributed by atoms with van der Waals surface area (Å²) in [5, 5.41) is 0. The van der Waals surface area contributed by atoms with E-state index in [9.17, 15) is 8.42 Å². The zero-order chi connectivity index (χ0) is 10.7. The third kappa shape index (κ3) is 1.97. The number of allylic oxidation sites excluding steroid dienone is 4. The Morgan fingerprint density at radius 3 is 1.40 bits per heavy atom. The molecule has 0 amide bonds. The maximum Gasteiger partial charge on any atom is 0.333 e. The molecule has 5 heteroatoms. The third-order valence-electron chi connectivity index (χ3n) is 2.09. The summed E-state index contributed by atoms with van der Waals surface area (Å²) in [4.78, 5) is 0. The summed E-state index contributed by atoms with van der Waals surface area (Å²) >= 11 is 0. The van der Waals surface area contributed by atoms with E-state index >= 15 is 0 Å². The molecule has 0 aromatic heterocycles. The molecular weight excluding hydrogens is 212 g/mol. The van der Waals surface area contributed by atoms with E-state index in [-0.39, 0.29) is 0 Å². The highest BCUT2D eigenvalue weighted by molar-refractivity contribution is 7.87. The molecule has 0 atom stereocenters. The Kier molecular flexibility index (Phi) is 2.64. The van der Waals surface area contributed by atoms with Crippen LogP contribution in [0, 0.1) is 0 Å². The quantitative estimate of drug-likeness (QED) is 0.716. The summed E-state index contributed by atoms with van der Waals surface area (Å²) in [5.74, 6) is 0. The Balaban J connectivity index is 2.25. The maximum absolute atomic E-state index is 12.0. The Hall–Kier alpha value is -1.49. The second-order valence-corrected chi connectivity index (χ2v) is 4.92. The molecule has 2 rings (SSSR count). The molecular formula is C10H12N2O2S. The van der Waals surface area contributed by atoms with Gasteiger partial charge in [0.1, 0.15) is 0 Å². The first kappa shape index (κ1) is 10.0. The van der Waals surface area contributed by atoms with Crippen molar-refractivity contribution in [1.29, 1.82) is 0 Å². The topological polar surface area (TPSA) is 40.6 Å². The molecule has 0 saturated heterocycles. The first-order valence-electron chi connectivity index (χ1n) is 4.70. The Morgan fingerprint density at radius 1 is 0.733 bits per heavy atom. The van der Waals surface area contributed by atoms with Gasteiger partial charge in [-0.05, 0) is 12.8 Å². The van der Waals surface area contributed by atoms with Gasteiger partial charge in [0.2, 0.25) is 0 Å². The lowest BCUT2D eigenvalue weighted by Gasteiger charge is -2.25. The van der Waals surface area contributed by atoms with E-state index in [4.69, 9.17) is 0 Å². The molecule has 0 aromatic carbocycles. The molecule has 2 aliphatic rings. The molecule has 80 valence electrons. The van der Waals surface area contributed by atoms with Gasteiger partial charge in [-0.25, -0.2) is 8.61 Å². The van der Waals surface area contributed by atoms with Gasteiger partial charge in [0.15, 0.2) is 0 Å². The average molecular weight is 224 g/mol. The molecule has 0 fully saturated rings. The minimum Gasteiger partial charge on any atom is -0.236 e.